The molecule has 0 bridgehead atoms. The zero-order chi connectivity index (χ0) is 14.6. The first-order valence-corrected chi connectivity index (χ1v) is 7.77. The number of hydrogen-bond acceptors (Lipinski definition) is 2. The van der Waals surface area contributed by atoms with E-state index in [4.69, 9.17) is 5.73 Å². The van der Waals surface area contributed by atoms with E-state index < -0.39 is 0 Å². The molecule has 2 unspecified atom stereocenters. The van der Waals surface area contributed by atoms with Gasteiger partial charge in [0.25, 0.3) is 0 Å². The Morgan fingerprint density at radius 2 is 1.91 bits per heavy atom. The molecule has 1 aromatic rings. The van der Waals surface area contributed by atoms with Crippen molar-refractivity contribution in [1.82, 2.24) is 5.32 Å². The summed E-state index contributed by atoms with van der Waals surface area (Å²) in [5.74, 6) is 0.723. The quantitative estimate of drug-likeness (QED) is 0.767. The van der Waals surface area contributed by atoms with Crippen molar-refractivity contribution in [2.45, 2.75) is 51.6 Å². The zero-order valence-corrected chi connectivity index (χ0v) is 15.5. The van der Waals surface area contributed by atoms with Crippen molar-refractivity contribution < 1.29 is 0 Å². The number of rotatable bonds is 7. The van der Waals surface area contributed by atoms with E-state index in [2.05, 4.69) is 62.5 Å². The standard InChI is InChI=1S/C18H28N2.2ClH/c1-4-15(12-14-8-6-5-7-9-14)16-13-17(16)20-11-10-18(2,3)19;;/h5-9,12,16-17,20H,4,10-11,13,19H2,1-3H3;2*1H/b15-12+;;. The molecule has 0 aromatic heterocycles. The van der Waals surface area contributed by atoms with E-state index in [0.29, 0.717) is 6.04 Å². The number of hydrogen-bond donors (Lipinski definition) is 2. The van der Waals surface area contributed by atoms with Crippen molar-refractivity contribution in [3.63, 3.8) is 0 Å². The predicted octanol–water partition coefficient (Wildman–Crippen LogP) is 4.43. The Hall–Kier alpha value is -0.540. The van der Waals surface area contributed by atoms with Crippen LogP contribution in [0.1, 0.15) is 45.6 Å². The summed E-state index contributed by atoms with van der Waals surface area (Å²) >= 11 is 0. The Kier molecular flexibility index (Phi) is 9.33. The van der Waals surface area contributed by atoms with Gasteiger partial charge in [0.2, 0.25) is 0 Å². The van der Waals surface area contributed by atoms with Gasteiger partial charge in [0.05, 0.1) is 0 Å². The van der Waals surface area contributed by atoms with Gasteiger partial charge in [-0.1, -0.05) is 48.9 Å². The van der Waals surface area contributed by atoms with E-state index in [1.54, 1.807) is 5.57 Å². The molecule has 1 aliphatic rings. The van der Waals surface area contributed by atoms with Gasteiger partial charge in [-0.3, -0.25) is 0 Å². The molecule has 0 saturated heterocycles. The van der Waals surface area contributed by atoms with Gasteiger partial charge in [-0.15, -0.1) is 24.8 Å². The fraction of sp³-hybridized carbons (Fsp3) is 0.556. The molecular weight excluding hydrogens is 315 g/mol. The van der Waals surface area contributed by atoms with Gasteiger partial charge >= 0.3 is 0 Å². The fourth-order valence-electron chi connectivity index (χ4n) is 2.64. The smallest absolute Gasteiger partial charge is 0.0139 e. The summed E-state index contributed by atoms with van der Waals surface area (Å²) in [4.78, 5) is 0. The molecule has 0 spiro atoms. The van der Waals surface area contributed by atoms with Crippen molar-refractivity contribution in [3.8, 4) is 0 Å². The first kappa shape index (κ1) is 21.5. The first-order chi connectivity index (χ1) is 9.49. The summed E-state index contributed by atoms with van der Waals surface area (Å²) in [7, 11) is 0. The Morgan fingerprint density at radius 1 is 1.27 bits per heavy atom. The predicted molar refractivity (Wildman–Crippen MR) is 102 cm³/mol. The number of nitrogens with two attached hydrogens (primary N) is 1. The minimum absolute atomic E-state index is 0. The van der Waals surface area contributed by atoms with Crippen LogP contribution in [-0.2, 0) is 0 Å². The summed E-state index contributed by atoms with van der Waals surface area (Å²) < 4.78 is 0. The third kappa shape index (κ3) is 7.15. The normalized spacial score (nSPS) is 20.8. The fourth-order valence-corrected chi connectivity index (χ4v) is 2.64. The highest BCUT2D eigenvalue weighted by atomic mass is 35.5. The van der Waals surface area contributed by atoms with Crippen LogP contribution in [0.2, 0.25) is 0 Å². The van der Waals surface area contributed by atoms with Gasteiger partial charge in [-0.2, -0.15) is 0 Å². The number of benzene rings is 1. The molecule has 0 heterocycles. The Balaban J connectivity index is 0.00000220. The maximum atomic E-state index is 6.01. The minimum atomic E-state index is -0.0646. The van der Waals surface area contributed by atoms with E-state index >= 15 is 0 Å². The van der Waals surface area contributed by atoms with Gasteiger partial charge < -0.3 is 11.1 Å². The highest BCUT2D eigenvalue weighted by Gasteiger charge is 2.38. The Morgan fingerprint density at radius 3 is 2.45 bits per heavy atom. The molecule has 0 radical (unpaired) electrons. The van der Waals surface area contributed by atoms with Gasteiger partial charge in [-0.25, -0.2) is 0 Å². The lowest BCUT2D eigenvalue weighted by atomic mass is 10.0. The summed E-state index contributed by atoms with van der Waals surface area (Å²) in [5.41, 5.74) is 8.84. The maximum Gasteiger partial charge on any atom is 0.0139 e. The van der Waals surface area contributed by atoms with E-state index in [0.717, 1.165) is 25.3 Å². The van der Waals surface area contributed by atoms with Crippen LogP contribution >= 0.6 is 24.8 Å². The van der Waals surface area contributed by atoms with Gasteiger partial charge in [0.15, 0.2) is 0 Å². The molecule has 2 rings (SSSR count). The van der Waals surface area contributed by atoms with Crippen molar-refractivity contribution in [3.05, 3.63) is 41.5 Å². The molecular formula is C18H30Cl2N2. The van der Waals surface area contributed by atoms with E-state index in [1.165, 1.54) is 12.0 Å². The summed E-state index contributed by atoms with van der Waals surface area (Å²) in [5, 5.41) is 3.64. The Bertz CT molecular complexity index is 452. The molecule has 2 atom stereocenters. The molecule has 3 N–H and O–H groups in total. The van der Waals surface area contributed by atoms with Crippen LogP contribution in [-0.4, -0.2) is 18.1 Å². The molecule has 2 nitrogen and oxygen atoms in total. The number of halogens is 2. The lowest BCUT2D eigenvalue weighted by Gasteiger charge is -2.18. The minimum Gasteiger partial charge on any atom is -0.326 e. The van der Waals surface area contributed by atoms with Crippen LogP contribution in [0, 0.1) is 5.92 Å². The molecule has 1 aromatic carbocycles. The van der Waals surface area contributed by atoms with E-state index in [1.807, 2.05) is 0 Å². The zero-order valence-electron chi connectivity index (χ0n) is 13.8. The van der Waals surface area contributed by atoms with Crippen LogP contribution in [0.3, 0.4) is 0 Å². The summed E-state index contributed by atoms with van der Waals surface area (Å²) in [6, 6.07) is 11.3. The Labute approximate surface area is 147 Å². The topological polar surface area (TPSA) is 38.0 Å². The molecule has 1 fully saturated rings. The van der Waals surface area contributed by atoms with Crippen LogP contribution in [0.5, 0.6) is 0 Å². The monoisotopic (exact) mass is 344 g/mol. The molecule has 0 aliphatic heterocycles. The highest BCUT2D eigenvalue weighted by molar-refractivity contribution is 5.85. The summed E-state index contributed by atoms with van der Waals surface area (Å²) in [6.45, 7) is 7.46. The third-order valence-electron chi connectivity index (χ3n) is 4.00. The molecule has 4 heteroatoms. The van der Waals surface area contributed by atoms with Gasteiger partial charge in [-0.05, 0) is 51.1 Å². The third-order valence-corrected chi connectivity index (χ3v) is 4.00. The van der Waals surface area contributed by atoms with Crippen LogP contribution in [0.25, 0.3) is 6.08 Å². The molecule has 22 heavy (non-hydrogen) atoms. The second-order valence-electron chi connectivity index (χ2n) is 6.62. The second-order valence-corrected chi connectivity index (χ2v) is 6.62. The second kappa shape index (κ2) is 9.57. The van der Waals surface area contributed by atoms with E-state index in [-0.39, 0.29) is 30.4 Å². The largest absolute Gasteiger partial charge is 0.326 e. The van der Waals surface area contributed by atoms with Crippen molar-refractivity contribution in [2.24, 2.45) is 11.7 Å². The molecule has 1 aliphatic carbocycles. The van der Waals surface area contributed by atoms with Crippen LogP contribution in [0.4, 0.5) is 0 Å². The average molecular weight is 345 g/mol. The average Bonchev–Trinajstić information content (AvgIpc) is 3.15. The van der Waals surface area contributed by atoms with Crippen LogP contribution in [0.15, 0.2) is 35.9 Å². The summed E-state index contributed by atoms with van der Waals surface area (Å²) in [6.07, 6.45) is 5.80. The molecule has 0 amide bonds. The highest BCUT2D eigenvalue weighted by Crippen LogP contribution is 2.39. The van der Waals surface area contributed by atoms with Gasteiger partial charge in [0, 0.05) is 11.6 Å². The van der Waals surface area contributed by atoms with E-state index in [9.17, 15) is 0 Å². The maximum absolute atomic E-state index is 6.01. The van der Waals surface area contributed by atoms with Crippen LogP contribution < -0.4 is 11.1 Å². The molecule has 126 valence electrons. The first-order valence-electron chi connectivity index (χ1n) is 7.77. The van der Waals surface area contributed by atoms with Crippen molar-refractivity contribution in [1.29, 1.82) is 0 Å². The lowest BCUT2D eigenvalue weighted by molar-refractivity contribution is 0.452. The van der Waals surface area contributed by atoms with Gasteiger partial charge in [0.1, 0.15) is 0 Å². The molecule has 1 saturated carbocycles. The SMILES string of the molecule is CC/C(=C\c1ccccc1)C1CC1NCCC(C)(C)N.Cl.Cl. The van der Waals surface area contributed by atoms with Crippen molar-refractivity contribution in [2.75, 3.05) is 6.54 Å². The van der Waals surface area contributed by atoms with Crippen molar-refractivity contribution >= 4 is 30.9 Å². The number of nitrogens with one attached hydrogen (secondary N) is 1. The lowest BCUT2D eigenvalue weighted by Crippen LogP contribution is -2.36.